The summed E-state index contributed by atoms with van der Waals surface area (Å²) in [7, 11) is 0. The van der Waals surface area contributed by atoms with E-state index in [0.29, 0.717) is 6.04 Å². The third-order valence-corrected chi connectivity index (χ3v) is 3.99. The van der Waals surface area contributed by atoms with Crippen LogP contribution in [0.5, 0.6) is 0 Å². The minimum atomic E-state index is 0.300. The summed E-state index contributed by atoms with van der Waals surface area (Å²) in [5.41, 5.74) is 1.31. The number of halogens is 1. The molecule has 0 spiro atoms. The minimum Gasteiger partial charge on any atom is -0.347 e. The van der Waals surface area contributed by atoms with E-state index in [1.807, 2.05) is 6.20 Å². The number of thiophene rings is 1. The molecule has 0 bridgehead atoms. The highest BCUT2D eigenvalue weighted by molar-refractivity contribution is 9.11. The van der Waals surface area contributed by atoms with Crippen LogP contribution in [0.4, 0.5) is 0 Å². The van der Waals surface area contributed by atoms with Crippen molar-refractivity contribution in [2.45, 2.75) is 25.9 Å². The van der Waals surface area contributed by atoms with Crippen molar-refractivity contribution < 1.29 is 0 Å². The van der Waals surface area contributed by atoms with Crippen LogP contribution in [0.2, 0.25) is 0 Å². The molecule has 0 saturated heterocycles. The Morgan fingerprint density at radius 3 is 3.06 bits per heavy atom. The molecule has 0 amide bonds. The van der Waals surface area contributed by atoms with E-state index in [9.17, 15) is 0 Å². The van der Waals surface area contributed by atoms with E-state index >= 15 is 0 Å². The fourth-order valence-electron chi connectivity index (χ4n) is 1.58. The Morgan fingerprint density at radius 2 is 2.50 bits per heavy atom. The molecule has 0 radical (unpaired) electrons. The van der Waals surface area contributed by atoms with Crippen molar-refractivity contribution in [2.24, 2.45) is 0 Å². The molecule has 2 rings (SSSR count). The molecule has 5 heteroatoms. The molecule has 2 aromatic heterocycles. The maximum atomic E-state index is 4.28. The maximum Gasteiger partial charge on any atom is 0.123 e. The standard InChI is InChI=1S/C11H14BrN3S/c1-2-9(11-13-3-4-14-11)15-6-8-5-10(12)16-7-8/h3-5,7,9,15H,2,6H2,1H3,(H,13,14). The molecule has 0 aliphatic heterocycles. The van der Waals surface area contributed by atoms with Crippen LogP contribution in [0.15, 0.2) is 27.6 Å². The van der Waals surface area contributed by atoms with Crippen molar-refractivity contribution >= 4 is 27.3 Å². The van der Waals surface area contributed by atoms with Gasteiger partial charge in [-0.3, -0.25) is 0 Å². The Kier molecular flexibility index (Phi) is 4.15. The lowest BCUT2D eigenvalue weighted by Gasteiger charge is -2.13. The topological polar surface area (TPSA) is 40.7 Å². The number of hydrogen-bond acceptors (Lipinski definition) is 3. The second-order valence-corrected chi connectivity index (χ2v) is 5.87. The predicted molar refractivity (Wildman–Crippen MR) is 70.5 cm³/mol. The zero-order valence-electron chi connectivity index (χ0n) is 9.03. The van der Waals surface area contributed by atoms with E-state index in [-0.39, 0.29) is 0 Å². The van der Waals surface area contributed by atoms with Gasteiger partial charge in [-0.05, 0) is 39.4 Å². The minimum absolute atomic E-state index is 0.300. The summed E-state index contributed by atoms with van der Waals surface area (Å²) in [5, 5.41) is 5.65. The molecule has 3 nitrogen and oxygen atoms in total. The summed E-state index contributed by atoms with van der Waals surface area (Å²) in [6.07, 6.45) is 4.68. The molecule has 86 valence electrons. The third-order valence-electron chi connectivity index (χ3n) is 2.43. The van der Waals surface area contributed by atoms with Gasteiger partial charge in [-0.1, -0.05) is 6.92 Å². The van der Waals surface area contributed by atoms with Gasteiger partial charge >= 0.3 is 0 Å². The molecule has 0 aliphatic carbocycles. The predicted octanol–water partition coefficient (Wildman–Crippen LogP) is 3.47. The van der Waals surface area contributed by atoms with Crippen LogP contribution in [0.1, 0.15) is 30.8 Å². The number of H-pyrrole nitrogens is 1. The van der Waals surface area contributed by atoms with Crippen LogP contribution in [-0.2, 0) is 6.54 Å². The highest BCUT2D eigenvalue weighted by Crippen LogP contribution is 2.21. The summed E-state index contributed by atoms with van der Waals surface area (Å²) >= 11 is 5.18. The summed E-state index contributed by atoms with van der Waals surface area (Å²) in [6.45, 7) is 3.03. The largest absolute Gasteiger partial charge is 0.347 e. The SMILES string of the molecule is CCC(NCc1csc(Br)c1)c1ncc[nH]1. The number of aromatic nitrogens is 2. The first-order valence-electron chi connectivity index (χ1n) is 5.25. The number of aromatic amines is 1. The van der Waals surface area contributed by atoms with Gasteiger partial charge in [0.15, 0.2) is 0 Å². The van der Waals surface area contributed by atoms with Gasteiger partial charge < -0.3 is 10.3 Å². The molecule has 0 aromatic carbocycles. The lowest BCUT2D eigenvalue weighted by molar-refractivity contribution is 0.498. The quantitative estimate of drug-likeness (QED) is 0.887. The van der Waals surface area contributed by atoms with Crippen LogP contribution in [0.3, 0.4) is 0 Å². The molecule has 2 heterocycles. The molecule has 0 saturated carbocycles. The normalized spacial score (nSPS) is 12.9. The van der Waals surface area contributed by atoms with E-state index in [4.69, 9.17) is 0 Å². The second kappa shape index (κ2) is 5.61. The summed E-state index contributed by atoms with van der Waals surface area (Å²) in [5.74, 6) is 1.01. The second-order valence-electron chi connectivity index (χ2n) is 3.58. The lowest BCUT2D eigenvalue weighted by Crippen LogP contribution is -2.21. The Bertz CT molecular complexity index is 424. The average Bonchev–Trinajstić information content (AvgIpc) is 2.91. The number of hydrogen-bond donors (Lipinski definition) is 2. The Hall–Kier alpha value is -0.650. The van der Waals surface area contributed by atoms with Crippen molar-refractivity contribution in [3.05, 3.63) is 39.0 Å². The zero-order chi connectivity index (χ0) is 11.4. The average molecular weight is 300 g/mol. The van der Waals surface area contributed by atoms with Gasteiger partial charge in [0, 0.05) is 18.9 Å². The monoisotopic (exact) mass is 299 g/mol. The number of rotatable bonds is 5. The summed E-state index contributed by atoms with van der Waals surface area (Å²) in [4.78, 5) is 7.43. The third kappa shape index (κ3) is 2.93. The van der Waals surface area contributed by atoms with Crippen LogP contribution in [-0.4, -0.2) is 9.97 Å². The number of nitrogens with one attached hydrogen (secondary N) is 2. The fourth-order valence-corrected chi connectivity index (χ4v) is 2.79. The van der Waals surface area contributed by atoms with E-state index in [0.717, 1.165) is 18.8 Å². The zero-order valence-corrected chi connectivity index (χ0v) is 11.4. The first kappa shape index (κ1) is 11.8. The number of imidazole rings is 1. The van der Waals surface area contributed by atoms with E-state index in [1.165, 1.54) is 9.35 Å². The van der Waals surface area contributed by atoms with E-state index in [2.05, 4.69) is 49.6 Å². The Labute approximate surface area is 107 Å². The highest BCUT2D eigenvalue weighted by atomic mass is 79.9. The van der Waals surface area contributed by atoms with Crippen molar-refractivity contribution in [1.29, 1.82) is 0 Å². The van der Waals surface area contributed by atoms with Crippen LogP contribution in [0, 0.1) is 0 Å². The molecule has 2 N–H and O–H groups in total. The summed E-state index contributed by atoms with van der Waals surface area (Å²) < 4.78 is 1.18. The van der Waals surface area contributed by atoms with Crippen LogP contribution < -0.4 is 5.32 Å². The van der Waals surface area contributed by atoms with Crippen molar-refractivity contribution in [2.75, 3.05) is 0 Å². The van der Waals surface area contributed by atoms with E-state index < -0.39 is 0 Å². The van der Waals surface area contributed by atoms with Gasteiger partial charge in [0.2, 0.25) is 0 Å². The highest BCUT2D eigenvalue weighted by Gasteiger charge is 2.10. The van der Waals surface area contributed by atoms with Crippen molar-refractivity contribution in [3.63, 3.8) is 0 Å². The van der Waals surface area contributed by atoms with Gasteiger partial charge in [0.05, 0.1) is 9.83 Å². The van der Waals surface area contributed by atoms with Crippen LogP contribution in [0.25, 0.3) is 0 Å². The fraction of sp³-hybridized carbons (Fsp3) is 0.364. The molecule has 1 atom stereocenters. The molecule has 0 fully saturated rings. The summed E-state index contributed by atoms with van der Waals surface area (Å²) in [6, 6.07) is 2.45. The van der Waals surface area contributed by atoms with Gasteiger partial charge in [-0.25, -0.2) is 4.98 Å². The van der Waals surface area contributed by atoms with Gasteiger partial charge in [0.25, 0.3) is 0 Å². The first-order valence-corrected chi connectivity index (χ1v) is 6.92. The molecule has 1 unspecified atom stereocenters. The van der Waals surface area contributed by atoms with Gasteiger partial charge in [-0.15, -0.1) is 11.3 Å². The Morgan fingerprint density at radius 1 is 1.62 bits per heavy atom. The molecule has 2 aromatic rings. The smallest absolute Gasteiger partial charge is 0.123 e. The van der Waals surface area contributed by atoms with Crippen molar-refractivity contribution in [3.8, 4) is 0 Å². The van der Waals surface area contributed by atoms with Gasteiger partial charge in [0.1, 0.15) is 5.82 Å². The Balaban J connectivity index is 1.93. The van der Waals surface area contributed by atoms with Crippen molar-refractivity contribution in [1.82, 2.24) is 15.3 Å². The van der Waals surface area contributed by atoms with Gasteiger partial charge in [-0.2, -0.15) is 0 Å². The molecule has 16 heavy (non-hydrogen) atoms. The van der Waals surface area contributed by atoms with E-state index in [1.54, 1.807) is 17.5 Å². The van der Waals surface area contributed by atoms with Crippen LogP contribution >= 0.6 is 27.3 Å². The molecular weight excluding hydrogens is 286 g/mol. The number of nitrogens with zero attached hydrogens (tertiary/aromatic N) is 1. The lowest BCUT2D eigenvalue weighted by atomic mass is 10.2. The first-order chi connectivity index (χ1) is 7.79. The maximum absolute atomic E-state index is 4.28. The molecule has 0 aliphatic rings. The molecular formula is C11H14BrN3S.